The van der Waals surface area contributed by atoms with Crippen LogP contribution in [0.1, 0.15) is 39.4 Å². The molecule has 0 radical (unpaired) electrons. The molecule has 1 aromatic heterocycles. The summed E-state index contributed by atoms with van der Waals surface area (Å²) in [5.41, 5.74) is 2.40. The van der Waals surface area contributed by atoms with E-state index >= 15 is 0 Å². The van der Waals surface area contributed by atoms with Gasteiger partial charge in [-0.15, -0.1) is 5.10 Å². The standard InChI is InChI=1S/C21H24BrN3O3/c1-5-27-20(26)19(14-9-7-6-8-10-14)28-16-12-11-15-18(17(16)22)23-24-25(15)13-21(2,3)4/h6-12,19H,5,13H2,1-4H3. The van der Waals surface area contributed by atoms with Crippen LogP contribution >= 0.6 is 15.9 Å². The van der Waals surface area contributed by atoms with Crippen LogP contribution in [0, 0.1) is 5.41 Å². The van der Waals surface area contributed by atoms with E-state index in [1.165, 1.54) is 0 Å². The van der Waals surface area contributed by atoms with Gasteiger partial charge in [-0.3, -0.25) is 0 Å². The van der Waals surface area contributed by atoms with Crippen molar-refractivity contribution >= 4 is 32.9 Å². The van der Waals surface area contributed by atoms with Crippen molar-refractivity contribution in [2.75, 3.05) is 6.61 Å². The highest BCUT2D eigenvalue weighted by molar-refractivity contribution is 9.10. The maximum atomic E-state index is 12.5. The number of benzene rings is 2. The number of ether oxygens (including phenoxy) is 2. The number of halogens is 1. The van der Waals surface area contributed by atoms with E-state index in [2.05, 4.69) is 47.0 Å². The highest BCUT2D eigenvalue weighted by atomic mass is 79.9. The molecule has 28 heavy (non-hydrogen) atoms. The number of carbonyl (C=O) groups excluding carboxylic acids is 1. The Morgan fingerprint density at radius 3 is 2.54 bits per heavy atom. The van der Waals surface area contributed by atoms with Gasteiger partial charge in [-0.05, 0) is 40.4 Å². The lowest BCUT2D eigenvalue weighted by molar-refractivity contribution is -0.151. The molecule has 1 heterocycles. The van der Waals surface area contributed by atoms with Crippen molar-refractivity contribution in [2.45, 2.75) is 40.3 Å². The Hall–Kier alpha value is -2.41. The van der Waals surface area contributed by atoms with Gasteiger partial charge in [0.2, 0.25) is 6.10 Å². The molecule has 0 N–H and O–H groups in total. The molecule has 0 spiro atoms. The Labute approximate surface area is 173 Å². The van der Waals surface area contributed by atoms with E-state index in [0.717, 1.165) is 17.6 Å². The Bertz CT molecular complexity index is 964. The summed E-state index contributed by atoms with van der Waals surface area (Å²) < 4.78 is 13.8. The first-order valence-electron chi connectivity index (χ1n) is 9.20. The summed E-state index contributed by atoms with van der Waals surface area (Å²) in [5.74, 6) is 0.0781. The second kappa shape index (κ2) is 8.31. The number of nitrogens with zero attached hydrogens (tertiary/aromatic N) is 3. The monoisotopic (exact) mass is 445 g/mol. The summed E-state index contributed by atoms with van der Waals surface area (Å²) in [6, 6.07) is 13.0. The first-order chi connectivity index (χ1) is 13.3. The van der Waals surface area contributed by atoms with Crippen LogP contribution in [0.15, 0.2) is 46.9 Å². The van der Waals surface area contributed by atoms with Crippen molar-refractivity contribution in [2.24, 2.45) is 5.41 Å². The molecule has 7 heteroatoms. The summed E-state index contributed by atoms with van der Waals surface area (Å²) >= 11 is 3.57. The highest BCUT2D eigenvalue weighted by Gasteiger charge is 2.26. The third kappa shape index (κ3) is 4.52. The van der Waals surface area contributed by atoms with Crippen LogP contribution in [0.3, 0.4) is 0 Å². The van der Waals surface area contributed by atoms with Crippen molar-refractivity contribution in [3.8, 4) is 5.75 Å². The quantitative estimate of drug-likeness (QED) is 0.503. The molecule has 3 rings (SSSR count). The minimum atomic E-state index is -0.862. The minimum absolute atomic E-state index is 0.0740. The Balaban J connectivity index is 1.95. The van der Waals surface area contributed by atoms with E-state index in [1.54, 1.807) is 6.92 Å². The molecule has 0 fully saturated rings. The normalized spacial score (nSPS) is 12.8. The molecule has 0 aliphatic rings. The molecule has 1 unspecified atom stereocenters. The summed E-state index contributed by atoms with van der Waals surface area (Å²) in [6.07, 6.45) is -0.862. The van der Waals surface area contributed by atoms with Crippen molar-refractivity contribution < 1.29 is 14.3 Å². The predicted octanol–water partition coefficient (Wildman–Crippen LogP) is 4.92. The van der Waals surface area contributed by atoms with Crippen LogP contribution in [-0.2, 0) is 16.1 Å². The molecule has 0 aliphatic heterocycles. The third-order valence-electron chi connectivity index (χ3n) is 4.06. The zero-order valence-electron chi connectivity index (χ0n) is 16.5. The lowest BCUT2D eigenvalue weighted by Crippen LogP contribution is -2.21. The molecular formula is C21H24BrN3O3. The van der Waals surface area contributed by atoms with Crippen molar-refractivity contribution in [1.29, 1.82) is 0 Å². The fourth-order valence-corrected chi connectivity index (χ4v) is 3.38. The van der Waals surface area contributed by atoms with Gasteiger partial charge >= 0.3 is 5.97 Å². The Kier molecular flexibility index (Phi) is 6.03. The smallest absolute Gasteiger partial charge is 0.352 e. The molecule has 0 aliphatic carbocycles. The van der Waals surface area contributed by atoms with Crippen molar-refractivity contribution in [3.05, 3.63) is 52.5 Å². The van der Waals surface area contributed by atoms with Gasteiger partial charge in [0.25, 0.3) is 0 Å². The van der Waals surface area contributed by atoms with Gasteiger partial charge in [0.15, 0.2) is 0 Å². The van der Waals surface area contributed by atoms with E-state index < -0.39 is 12.1 Å². The number of aromatic nitrogens is 3. The number of hydrogen-bond donors (Lipinski definition) is 0. The second-order valence-electron chi connectivity index (χ2n) is 7.71. The molecule has 0 amide bonds. The van der Waals surface area contributed by atoms with Crippen LogP contribution in [0.2, 0.25) is 0 Å². The number of carbonyl (C=O) groups is 1. The predicted molar refractivity (Wildman–Crippen MR) is 111 cm³/mol. The molecule has 2 aromatic carbocycles. The maximum absolute atomic E-state index is 12.5. The zero-order chi connectivity index (χ0) is 20.3. The van der Waals surface area contributed by atoms with E-state index in [9.17, 15) is 4.79 Å². The summed E-state index contributed by atoms with van der Waals surface area (Å²) in [6.45, 7) is 9.25. The van der Waals surface area contributed by atoms with Crippen LogP contribution in [-0.4, -0.2) is 27.6 Å². The van der Waals surface area contributed by atoms with E-state index in [1.807, 2.05) is 47.1 Å². The van der Waals surface area contributed by atoms with Crippen molar-refractivity contribution in [3.63, 3.8) is 0 Å². The average Bonchev–Trinajstić information content (AvgIpc) is 3.04. The van der Waals surface area contributed by atoms with Gasteiger partial charge in [-0.1, -0.05) is 56.3 Å². The zero-order valence-corrected chi connectivity index (χ0v) is 18.1. The molecule has 1 atom stereocenters. The summed E-state index contributed by atoms with van der Waals surface area (Å²) in [4.78, 5) is 12.5. The largest absolute Gasteiger partial charge is 0.473 e. The first-order valence-corrected chi connectivity index (χ1v) is 9.99. The molecule has 148 valence electrons. The number of fused-ring (bicyclic) bond motifs is 1. The lowest BCUT2D eigenvalue weighted by Gasteiger charge is -2.19. The van der Waals surface area contributed by atoms with Gasteiger partial charge in [-0.25, -0.2) is 9.48 Å². The van der Waals surface area contributed by atoms with Crippen LogP contribution < -0.4 is 4.74 Å². The third-order valence-corrected chi connectivity index (χ3v) is 4.83. The van der Waals surface area contributed by atoms with Gasteiger partial charge in [0.1, 0.15) is 11.3 Å². The van der Waals surface area contributed by atoms with Crippen LogP contribution in [0.5, 0.6) is 5.75 Å². The molecule has 6 nitrogen and oxygen atoms in total. The van der Waals surface area contributed by atoms with Gasteiger partial charge in [-0.2, -0.15) is 0 Å². The topological polar surface area (TPSA) is 66.2 Å². The number of hydrogen-bond acceptors (Lipinski definition) is 5. The molecule has 0 bridgehead atoms. The SMILES string of the molecule is CCOC(=O)C(Oc1ccc2c(nnn2CC(C)(C)C)c1Br)c1ccccc1. The van der Waals surface area contributed by atoms with Gasteiger partial charge < -0.3 is 9.47 Å². The Morgan fingerprint density at radius 2 is 1.89 bits per heavy atom. The minimum Gasteiger partial charge on any atom is -0.473 e. The number of rotatable bonds is 6. The summed E-state index contributed by atoms with van der Waals surface area (Å²) in [7, 11) is 0. The van der Waals surface area contributed by atoms with Crippen LogP contribution in [0.25, 0.3) is 11.0 Å². The molecule has 0 saturated carbocycles. The highest BCUT2D eigenvalue weighted by Crippen LogP contribution is 2.35. The first kappa shape index (κ1) is 20.3. The molecule has 3 aromatic rings. The lowest BCUT2D eigenvalue weighted by atomic mass is 9.97. The summed E-state index contributed by atoms with van der Waals surface area (Å²) in [5, 5.41) is 8.57. The average molecular weight is 446 g/mol. The van der Waals surface area contributed by atoms with Gasteiger partial charge in [0.05, 0.1) is 16.6 Å². The van der Waals surface area contributed by atoms with E-state index in [4.69, 9.17) is 9.47 Å². The van der Waals surface area contributed by atoms with E-state index in [0.29, 0.717) is 15.7 Å². The maximum Gasteiger partial charge on any atom is 0.352 e. The van der Waals surface area contributed by atoms with E-state index in [-0.39, 0.29) is 12.0 Å². The van der Waals surface area contributed by atoms with Gasteiger partial charge in [0, 0.05) is 12.1 Å². The fourth-order valence-electron chi connectivity index (χ4n) is 2.87. The molecule has 0 saturated heterocycles. The Morgan fingerprint density at radius 1 is 1.18 bits per heavy atom. The fraction of sp³-hybridized carbons (Fsp3) is 0.381. The van der Waals surface area contributed by atoms with Crippen molar-refractivity contribution in [1.82, 2.24) is 15.0 Å². The molecular weight excluding hydrogens is 422 g/mol. The van der Waals surface area contributed by atoms with Crippen LogP contribution in [0.4, 0.5) is 0 Å². The number of esters is 1. The second-order valence-corrected chi connectivity index (χ2v) is 8.51.